The zero-order chi connectivity index (χ0) is 23.4. The molecule has 0 saturated heterocycles. The van der Waals surface area contributed by atoms with Crippen LogP contribution in [0, 0.1) is 0 Å². The molecule has 0 amide bonds. The summed E-state index contributed by atoms with van der Waals surface area (Å²) in [6, 6.07) is 0. The highest BCUT2D eigenvalue weighted by atomic mass is 31.1. The van der Waals surface area contributed by atoms with Gasteiger partial charge in [0, 0.05) is 49.0 Å². The third-order valence-electron chi connectivity index (χ3n) is 0.642. The van der Waals surface area contributed by atoms with Gasteiger partial charge in [0.05, 0.1) is 0 Å². The van der Waals surface area contributed by atoms with Gasteiger partial charge in [0.15, 0.2) is 0 Å². The second-order valence-corrected chi connectivity index (χ2v) is 5.12. The highest BCUT2D eigenvalue weighted by Gasteiger charge is 1.94. The summed E-state index contributed by atoms with van der Waals surface area (Å²) in [5, 5.41) is 3.03. The molecule has 0 radical (unpaired) electrons. The Morgan fingerprint density at radius 1 is 0.481 bits per heavy atom. The molecule has 27 heavy (non-hydrogen) atoms. The lowest BCUT2D eigenvalue weighted by molar-refractivity contribution is 0.403. The van der Waals surface area contributed by atoms with Crippen LogP contribution >= 0.6 is 41.3 Å². The lowest BCUT2D eigenvalue weighted by Gasteiger charge is -1.95. The average molecular weight is 508 g/mol. The predicted molar refractivity (Wildman–Crippen MR) is 91.2 cm³/mol. The van der Waals surface area contributed by atoms with Crippen molar-refractivity contribution in [2.75, 3.05) is 26.2 Å². The zero-order valence-corrected chi connectivity index (χ0v) is 17.7. The van der Waals surface area contributed by atoms with Gasteiger partial charge in [-0.25, -0.2) is 0 Å². The van der Waals surface area contributed by atoms with Crippen molar-refractivity contribution in [3.8, 4) is 0 Å². The number of rotatable bonds is 4. The molecule has 0 unspecified atom stereocenters. The van der Waals surface area contributed by atoms with Gasteiger partial charge in [-0.05, 0) is 0 Å². The van der Waals surface area contributed by atoms with Crippen molar-refractivity contribution >= 4 is 41.3 Å². The van der Waals surface area contributed by atoms with Gasteiger partial charge in [-0.3, -0.25) is 0 Å². The topological polar surface area (TPSA) is 352 Å². The van der Waals surface area contributed by atoms with Crippen LogP contribution in [0.4, 0.5) is 0 Å². The molecule has 0 aromatic heterocycles. The van der Waals surface area contributed by atoms with E-state index in [9.17, 15) is 0 Å². The molecule has 0 rings (SSSR count). The van der Waals surface area contributed by atoms with Crippen LogP contribution in [0.2, 0.25) is 0 Å². The second kappa shape index (κ2) is 40.6. The van der Waals surface area contributed by atoms with Crippen LogP contribution in [0.3, 0.4) is 0 Å². The fraction of sp³-hybridized carbons (Fsp3) is 1.00. The third-order valence-corrected chi connectivity index (χ3v) is 0.642. The van der Waals surface area contributed by atoms with Crippen molar-refractivity contribution in [3.63, 3.8) is 0 Å². The van der Waals surface area contributed by atoms with Crippen molar-refractivity contribution in [1.29, 1.82) is 0 Å². The summed E-state index contributed by atoms with van der Waals surface area (Å²) < 4.78 is 43.5. The van der Waals surface area contributed by atoms with Crippen LogP contribution in [0.15, 0.2) is 0 Å². The first-order chi connectivity index (χ1) is 12.1. The Kier molecular flexibility index (Phi) is 62.2. The van der Waals surface area contributed by atoms with Crippen LogP contribution in [-0.4, -0.2) is 75.1 Å². The van der Waals surface area contributed by atoms with Crippen LogP contribution in [0.1, 0.15) is 0 Å². The zero-order valence-electron chi connectivity index (χ0n) is 13.2. The molecule has 0 aromatic carbocycles. The standard InChI is InChI=1S/C4H13N3.5HO3P/c5-1-3-7-4-2-6;5*1-4(2)3/h7H,1-6H2;5*(H-,1,2,3)/p+5. The fourth-order valence-corrected chi connectivity index (χ4v) is 0.329. The summed E-state index contributed by atoms with van der Waals surface area (Å²) in [5.74, 6) is 0. The molecule has 0 spiro atoms. The van der Waals surface area contributed by atoms with Gasteiger partial charge in [0.1, 0.15) is 0 Å². The lowest BCUT2D eigenvalue weighted by Crippen LogP contribution is -2.27. The van der Waals surface area contributed by atoms with E-state index in [1.54, 1.807) is 0 Å². The van der Waals surface area contributed by atoms with E-state index in [0.717, 1.165) is 13.1 Å². The summed E-state index contributed by atoms with van der Waals surface area (Å²) in [7, 11) is -14.4. The van der Waals surface area contributed by atoms with E-state index in [0.29, 0.717) is 13.1 Å². The van der Waals surface area contributed by atoms with Crippen LogP contribution in [-0.2, 0) is 22.8 Å². The lowest BCUT2D eigenvalue weighted by atomic mass is 10.6. The molecular weight excluding hydrogens is 485 g/mol. The first-order valence-electron chi connectivity index (χ1n) is 5.44. The SMILES string of the molecule is NCCNCCN.O=[P+](O)O.O=[P+](O)O.O=[P+](O)O.O=[P+](O)O.O=[P+](O)O. The number of nitrogens with two attached hydrogens (primary N) is 2. The summed E-state index contributed by atoms with van der Waals surface area (Å²) in [4.78, 5) is 71.2. The molecule has 164 valence electrons. The average Bonchev–Trinajstić information content (AvgIpc) is 2.35. The van der Waals surface area contributed by atoms with E-state index < -0.39 is 41.3 Å². The third kappa shape index (κ3) is 943. The van der Waals surface area contributed by atoms with Gasteiger partial charge in [-0.1, -0.05) is 0 Å². The quantitative estimate of drug-likeness (QED) is 0.130. The first kappa shape index (κ1) is 41.4. The van der Waals surface area contributed by atoms with Crippen molar-refractivity contribution in [2.24, 2.45) is 11.5 Å². The minimum Gasteiger partial charge on any atom is -0.329 e. The molecule has 0 aliphatic rings. The first-order valence-corrected chi connectivity index (χ1v) is 11.3. The summed E-state index contributed by atoms with van der Waals surface area (Å²) in [6.45, 7) is 3.13. The molecule has 0 atom stereocenters. The number of nitrogens with one attached hydrogen (secondary N) is 1. The van der Waals surface area contributed by atoms with Gasteiger partial charge in [-0.15, -0.1) is 48.9 Å². The van der Waals surface area contributed by atoms with Crippen LogP contribution in [0.25, 0.3) is 0 Å². The fourth-order valence-electron chi connectivity index (χ4n) is 0.329. The summed E-state index contributed by atoms with van der Waals surface area (Å²) in [5.41, 5.74) is 10.3. The molecule has 0 saturated carbocycles. The van der Waals surface area contributed by atoms with Crippen molar-refractivity contribution in [1.82, 2.24) is 5.32 Å². The molecule has 0 heterocycles. The predicted octanol–water partition coefficient (Wildman–Crippen LogP) is -3.36. The van der Waals surface area contributed by atoms with E-state index in [4.69, 9.17) is 83.2 Å². The van der Waals surface area contributed by atoms with Crippen molar-refractivity contribution < 1.29 is 71.8 Å². The Morgan fingerprint density at radius 3 is 0.667 bits per heavy atom. The number of hydrogen-bond donors (Lipinski definition) is 13. The van der Waals surface area contributed by atoms with Crippen molar-refractivity contribution in [3.05, 3.63) is 0 Å². The van der Waals surface area contributed by atoms with Crippen molar-refractivity contribution in [2.45, 2.75) is 0 Å². The molecule has 0 bridgehead atoms. The maximum absolute atomic E-state index is 8.70. The molecule has 0 fully saturated rings. The molecule has 15 N–H and O–H groups in total. The summed E-state index contributed by atoms with van der Waals surface area (Å²) >= 11 is 0. The van der Waals surface area contributed by atoms with E-state index >= 15 is 0 Å². The minimum absolute atomic E-state index is 0.694. The van der Waals surface area contributed by atoms with Gasteiger partial charge < -0.3 is 16.8 Å². The molecular formula is C4H23N3O15P5+5. The van der Waals surface area contributed by atoms with Crippen LogP contribution < -0.4 is 16.8 Å². The Morgan fingerprint density at radius 2 is 0.593 bits per heavy atom. The van der Waals surface area contributed by atoms with E-state index in [2.05, 4.69) is 5.32 Å². The Balaban J connectivity index is -0.0000000500. The van der Waals surface area contributed by atoms with E-state index in [1.807, 2.05) is 0 Å². The minimum atomic E-state index is -2.87. The highest BCUT2D eigenvalue weighted by molar-refractivity contribution is 7.31. The Bertz CT molecular complexity index is 291. The maximum Gasteiger partial charge on any atom is 0.692 e. The molecule has 0 aliphatic heterocycles. The monoisotopic (exact) mass is 508 g/mol. The Labute approximate surface area is 156 Å². The summed E-state index contributed by atoms with van der Waals surface area (Å²) in [6.07, 6.45) is 0. The van der Waals surface area contributed by atoms with Gasteiger partial charge >= 0.3 is 41.3 Å². The van der Waals surface area contributed by atoms with Gasteiger partial charge in [-0.2, -0.15) is 0 Å². The Hall–Kier alpha value is -0.0200. The van der Waals surface area contributed by atoms with Gasteiger partial charge in [0.25, 0.3) is 0 Å². The van der Waals surface area contributed by atoms with Crippen LogP contribution in [0.5, 0.6) is 0 Å². The smallest absolute Gasteiger partial charge is 0.329 e. The normalized spacial score (nSPS) is 7.26. The maximum atomic E-state index is 8.70. The largest absolute Gasteiger partial charge is 0.692 e. The van der Waals surface area contributed by atoms with E-state index in [-0.39, 0.29) is 0 Å². The van der Waals surface area contributed by atoms with Gasteiger partial charge in [0.2, 0.25) is 0 Å². The van der Waals surface area contributed by atoms with E-state index in [1.165, 1.54) is 0 Å². The molecule has 23 heteroatoms. The highest BCUT2D eigenvalue weighted by Crippen LogP contribution is 1.99. The number of hydrogen-bond acceptors (Lipinski definition) is 8. The second-order valence-electron chi connectivity index (χ2n) is 2.59. The molecule has 0 aliphatic carbocycles. The molecule has 0 aromatic rings. The molecule has 18 nitrogen and oxygen atoms in total.